The monoisotopic (exact) mass is 265 g/mol. The highest BCUT2D eigenvalue weighted by Crippen LogP contribution is 2.18. The fraction of sp³-hybridized carbons (Fsp3) is 0.636. The van der Waals surface area contributed by atoms with Gasteiger partial charge in [0.25, 0.3) is 5.91 Å². The molecule has 1 aliphatic carbocycles. The van der Waals surface area contributed by atoms with Crippen molar-refractivity contribution in [3.05, 3.63) is 11.9 Å². The summed E-state index contributed by atoms with van der Waals surface area (Å²) in [6.07, 6.45) is 3.56. The van der Waals surface area contributed by atoms with Gasteiger partial charge in [-0.3, -0.25) is 4.79 Å². The summed E-state index contributed by atoms with van der Waals surface area (Å²) in [5.41, 5.74) is 0.795. The molecule has 2 heterocycles. The Morgan fingerprint density at radius 2 is 2.37 bits per heavy atom. The summed E-state index contributed by atoms with van der Waals surface area (Å²) in [6, 6.07) is 0.603. The number of hydrogen-bond acceptors (Lipinski definition) is 6. The number of ether oxygens (including phenoxy) is 1. The van der Waals surface area contributed by atoms with E-state index in [1.54, 1.807) is 6.20 Å². The first-order valence-corrected chi connectivity index (χ1v) is 6.32. The first-order chi connectivity index (χ1) is 9.22. The number of imide groups is 1. The molecule has 1 saturated carbocycles. The number of cyclic esters (lactones) is 1. The molecule has 2 fully saturated rings. The largest absolute Gasteiger partial charge is 0.447 e. The summed E-state index contributed by atoms with van der Waals surface area (Å²) in [7, 11) is 0. The van der Waals surface area contributed by atoms with Crippen LogP contribution in [0.2, 0.25) is 0 Å². The maximum atomic E-state index is 11.8. The zero-order valence-corrected chi connectivity index (χ0v) is 10.4. The molecule has 1 aromatic rings. The lowest BCUT2D eigenvalue weighted by atomic mass is 10.4. The van der Waals surface area contributed by atoms with E-state index in [4.69, 9.17) is 4.74 Å². The van der Waals surface area contributed by atoms with E-state index in [9.17, 15) is 9.59 Å². The number of rotatable bonds is 5. The first kappa shape index (κ1) is 12.1. The van der Waals surface area contributed by atoms with Gasteiger partial charge in [0.2, 0.25) is 0 Å². The molecule has 0 aromatic carbocycles. The number of nitrogens with one attached hydrogen (secondary N) is 1. The second-order valence-corrected chi connectivity index (χ2v) is 4.72. The third kappa shape index (κ3) is 2.90. The molecule has 0 spiro atoms. The van der Waals surface area contributed by atoms with Crippen molar-refractivity contribution < 1.29 is 14.3 Å². The fourth-order valence-corrected chi connectivity index (χ4v) is 1.88. The standard InChI is InChI=1S/C11H15N5O3/c17-10(16-3-4-19-11(16)18)7-15-6-9(13-14-15)5-12-8-1-2-8/h6,8,12H,1-5,7H2. The number of hydrogen-bond donors (Lipinski definition) is 1. The quantitative estimate of drug-likeness (QED) is 0.772. The summed E-state index contributed by atoms with van der Waals surface area (Å²) in [5.74, 6) is -0.325. The van der Waals surface area contributed by atoms with E-state index in [1.165, 1.54) is 17.5 Å². The topological polar surface area (TPSA) is 89.3 Å². The van der Waals surface area contributed by atoms with Gasteiger partial charge in [0.1, 0.15) is 13.2 Å². The maximum Gasteiger partial charge on any atom is 0.416 e. The van der Waals surface area contributed by atoms with Crippen LogP contribution in [0.3, 0.4) is 0 Å². The molecular weight excluding hydrogens is 250 g/mol. The predicted molar refractivity (Wildman–Crippen MR) is 62.9 cm³/mol. The van der Waals surface area contributed by atoms with Crippen LogP contribution in [0.15, 0.2) is 6.20 Å². The Balaban J connectivity index is 1.53. The molecule has 1 N–H and O–H groups in total. The molecule has 1 aliphatic heterocycles. The van der Waals surface area contributed by atoms with Crippen molar-refractivity contribution in [3.63, 3.8) is 0 Å². The molecule has 0 atom stereocenters. The van der Waals surface area contributed by atoms with E-state index in [1.807, 2.05) is 0 Å². The van der Waals surface area contributed by atoms with Gasteiger partial charge in [0.05, 0.1) is 18.4 Å². The third-order valence-electron chi connectivity index (χ3n) is 3.09. The lowest BCUT2D eigenvalue weighted by molar-refractivity contribution is -0.128. The minimum Gasteiger partial charge on any atom is -0.447 e. The minimum absolute atomic E-state index is 0.00548. The molecule has 2 aliphatic rings. The Morgan fingerprint density at radius 3 is 3.05 bits per heavy atom. The molecular formula is C11H15N5O3. The highest BCUT2D eigenvalue weighted by molar-refractivity contribution is 5.92. The first-order valence-electron chi connectivity index (χ1n) is 6.32. The zero-order valence-electron chi connectivity index (χ0n) is 10.4. The summed E-state index contributed by atoms with van der Waals surface area (Å²) >= 11 is 0. The summed E-state index contributed by atoms with van der Waals surface area (Å²) in [4.78, 5) is 24.1. The highest BCUT2D eigenvalue weighted by atomic mass is 16.6. The van der Waals surface area contributed by atoms with Gasteiger partial charge in [-0.25, -0.2) is 14.4 Å². The van der Waals surface area contributed by atoms with E-state index < -0.39 is 6.09 Å². The molecule has 1 saturated heterocycles. The van der Waals surface area contributed by atoms with Crippen LogP contribution >= 0.6 is 0 Å². The van der Waals surface area contributed by atoms with Crippen molar-refractivity contribution in [2.24, 2.45) is 0 Å². The van der Waals surface area contributed by atoms with Crippen LogP contribution in [0, 0.1) is 0 Å². The molecule has 102 valence electrons. The van der Waals surface area contributed by atoms with Crippen molar-refractivity contribution in [1.29, 1.82) is 0 Å². The van der Waals surface area contributed by atoms with Crippen molar-refractivity contribution in [3.8, 4) is 0 Å². The van der Waals surface area contributed by atoms with Crippen LogP contribution in [0.25, 0.3) is 0 Å². The molecule has 19 heavy (non-hydrogen) atoms. The summed E-state index contributed by atoms with van der Waals surface area (Å²) in [6.45, 7) is 1.23. The second kappa shape index (κ2) is 4.96. The van der Waals surface area contributed by atoms with Crippen LogP contribution in [-0.2, 0) is 22.6 Å². The van der Waals surface area contributed by atoms with Crippen LogP contribution in [-0.4, -0.2) is 51.1 Å². The Bertz CT molecular complexity index is 496. The van der Waals surface area contributed by atoms with Gasteiger partial charge in [-0.1, -0.05) is 5.21 Å². The van der Waals surface area contributed by atoms with Gasteiger partial charge in [0, 0.05) is 12.6 Å². The molecule has 0 bridgehead atoms. The Labute approximate surface area is 109 Å². The molecule has 0 radical (unpaired) electrons. The van der Waals surface area contributed by atoms with Crippen molar-refractivity contribution >= 4 is 12.0 Å². The molecule has 2 amide bonds. The van der Waals surface area contributed by atoms with Crippen molar-refractivity contribution in [2.45, 2.75) is 32.0 Å². The molecule has 8 heteroatoms. The summed E-state index contributed by atoms with van der Waals surface area (Å²) < 4.78 is 6.15. The molecule has 3 rings (SSSR count). The Kier molecular flexibility index (Phi) is 3.16. The molecule has 1 aromatic heterocycles. The summed E-state index contributed by atoms with van der Waals surface area (Å²) in [5, 5.41) is 11.2. The van der Waals surface area contributed by atoms with E-state index in [-0.39, 0.29) is 19.1 Å². The van der Waals surface area contributed by atoms with E-state index in [2.05, 4.69) is 15.6 Å². The SMILES string of the molecule is O=C(Cn1cc(CNC2CC2)nn1)N1CCOC1=O. The van der Waals surface area contributed by atoms with Gasteiger partial charge in [-0.15, -0.1) is 5.10 Å². The van der Waals surface area contributed by atoms with Gasteiger partial charge in [-0.2, -0.15) is 0 Å². The maximum absolute atomic E-state index is 11.8. The second-order valence-electron chi connectivity index (χ2n) is 4.72. The Morgan fingerprint density at radius 1 is 1.53 bits per heavy atom. The van der Waals surface area contributed by atoms with Crippen molar-refractivity contribution in [2.75, 3.05) is 13.2 Å². The van der Waals surface area contributed by atoms with Crippen LogP contribution < -0.4 is 5.32 Å². The Hall–Kier alpha value is -1.96. The number of aromatic nitrogens is 3. The lowest BCUT2D eigenvalue weighted by Crippen LogP contribution is -2.34. The van der Waals surface area contributed by atoms with Crippen LogP contribution in [0.1, 0.15) is 18.5 Å². The average Bonchev–Trinajstić information content (AvgIpc) is 2.95. The smallest absolute Gasteiger partial charge is 0.416 e. The van der Waals surface area contributed by atoms with Crippen molar-refractivity contribution in [1.82, 2.24) is 25.2 Å². The number of carbonyl (C=O) groups excluding carboxylic acids is 2. The van der Waals surface area contributed by atoms with Crippen LogP contribution in [0.4, 0.5) is 4.79 Å². The average molecular weight is 265 g/mol. The predicted octanol–water partition coefficient (Wildman–Crippen LogP) is -0.491. The molecule has 8 nitrogen and oxygen atoms in total. The van der Waals surface area contributed by atoms with Crippen LogP contribution in [0.5, 0.6) is 0 Å². The lowest BCUT2D eigenvalue weighted by Gasteiger charge is -2.09. The fourth-order valence-electron chi connectivity index (χ4n) is 1.88. The van der Waals surface area contributed by atoms with Gasteiger partial charge in [0.15, 0.2) is 0 Å². The van der Waals surface area contributed by atoms with E-state index >= 15 is 0 Å². The third-order valence-corrected chi connectivity index (χ3v) is 3.09. The van der Waals surface area contributed by atoms with Gasteiger partial charge < -0.3 is 10.1 Å². The molecule has 0 unspecified atom stereocenters. The minimum atomic E-state index is -0.583. The normalized spacial score (nSPS) is 18.7. The highest BCUT2D eigenvalue weighted by Gasteiger charge is 2.28. The number of nitrogens with zero attached hydrogens (tertiary/aromatic N) is 4. The zero-order chi connectivity index (χ0) is 13.2. The number of amides is 2. The van der Waals surface area contributed by atoms with Gasteiger partial charge >= 0.3 is 6.09 Å². The van der Waals surface area contributed by atoms with E-state index in [0.29, 0.717) is 19.1 Å². The van der Waals surface area contributed by atoms with Gasteiger partial charge in [-0.05, 0) is 12.8 Å². The van der Waals surface area contributed by atoms with E-state index in [0.717, 1.165) is 10.6 Å². The number of carbonyl (C=O) groups is 2.